The van der Waals surface area contributed by atoms with E-state index in [0.717, 1.165) is 12.3 Å². The van der Waals surface area contributed by atoms with Crippen LogP contribution in [-0.2, 0) is 22.8 Å². The second-order valence-electron chi connectivity index (χ2n) is 6.74. The number of halogens is 3. The maximum absolute atomic E-state index is 12.8. The number of carbonyl (C=O) groups is 2. The first kappa shape index (κ1) is 22.9. The lowest BCUT2D eigenvalue weighted by atomic mass is 10.1. The molecule has 0 saturated carbocycles. The number of aromatic nitrogens is 3. The first-order valence-corrected chi connectivity index (χ1v) is 9.50. The van der Waals surface area contributed by atoms with Crippen LogP contribution in [0.3, 0.4) is 0 Å². The van der Waals surface area contributed by atoms with E-state index in [0.29, 0.717) is 28.8 Å². The topological polar surface area (TPSA) is 98.1 Å². The average Bonchev–Trinajstić information content (AvgIpc) is 3.19. The molecule has 0 unspecified atom stereocenters. The van der Waals surface area contributed by atoms with Crippen LogP contribution in [0.5, 0.6) is 0 Å². The molecule has 2 heterocycles. The molecule has 3 aromatic rings. The normalized spacial score (nSPS) is 11.2. The van der Waals surface area contributed by atoms with Crippen molar-refractivity contribution in [1.29, 1.82) is 0 Å². The smallest absolute Gasteiger partial charge is 0.372 e. The Labute approximate surface area is 181 Å². The number of anilines is 2. The van der Waals surface area contributed by atoms with Crippen LogP contribution in [0.1, 0.15) is 15.9 Å². The van der Waals surface area contributed by atoms with Crippen LogP contribution >= 0.6 is 0 Å². The zero-order chi connectivity index (χ0) is 23.1. The number of rotatable bonds is 9. The van der Waals surface area contributed by atoms with Crippen molar-refractivity contribution in [2.75, 3.05) is 25.1 Å². The Hall–Kier alpha value is -3.73. The maximum Gasteiger partial charge on any atom is 0.417 e. The molecule has 0 aliphatic carbocycles. The van der Waals surface area contributed by atoms with Crippen molar-refractivity contribution < 1.29 is 27.5 Å². The van der Waals surface area contributed by atoms with Gasteiger partial charge < -0.3 is 24.7 Å². The largest absolute Gasteiger partial charge is 0.417 e. The van der Waals surface area contributed by atoms with Gasteiger partial charge in [0, 0.05) is 42.8 Å². The summed E-state index contributed by atoms with van der Waals surface area (Å²) in [5, 5.41) is 5.67. The monoisotopic (exact) mass is 447 g/mol. The van der Waals surface area contributed by atoms with E-state index in [9.17, 15) is 22.8 Å². The minimum atomic E-state index is -4.47. The fraction of sp³-hybridized carbons (Fsp3) is 0.238. The van der Waals surface area contributed by atoms with Gasteiger partial charge in [-0.15, -0.1) is 0 Å². The van der Waals surface area contributed by atoms with Crippen LogP contribution in [0, 0.1) is 0 Å². The molecule has 11 heteroatoms. The first-order valence-electron chi connectivity index (χ1n) is 9.50. The number of nitrogens with zero attached hydrogens (tertiary/aromatic N) is 3. The van der Waals surface area contributed by atoms with Crippen LogP contribution < -0.4 is 10.6 Å². The average molecular weight is 447 g/mol. The highest BCUT2D eigenvalue weighted by atomic mass is 19.4. The lowest BCUT2D eigenvalue weighted by Gasteiger charge is -2.13. The number of alkyl halides is 3. The predicted octanol–water partition coefficient (Wildman–Crippen LogP) is 3.19. The highest BCUT2D eigenvalue weighted by molar-refractivity contribution is 5.97. The van der Waals surface area contributed by atoms with E-state index >= 15 is 0 Å². The molecular formula is C21H20F3N5O3. The molecule has 0 aliphatic rings. The van der Waals surface area contributed by atoms with Crippen LogP contribution in [0.25, 0.3) is 11.3 Å². The molecule has 0 saturated heterocycles. The number of pyridine rings is 1. The number of aldehydes is 1. The molecular weight excluding hydrogens is 427 g/mol. The standard InChI is InChI=1S/C21H20F3N5O3/c1-29-12-18(27-13-29)16-10-14(20(31)25-6-8-32-9-7-30)2-4-17(16)28-19-5-3-15(11-26-19)21(22,23)24/h2-5,7,10-13H,6,8-9H2,1H3,(H,25,31)(H,26,28). The summed E-state index contributed by atoms with van der Waals surface area (Å²) in [4.78, 5) is 30.8. The number of imidazole rings is 1. The molecule has 1 aromatic carbocycles. The Bertz CT molecular complexity index is 1080. The van der Waals surface area contributed by atoms with Gasteiger partial charge in [0.25, 0.3) is 5.91 Å². The lowest BCUT2D eigenvalue weighted by molar-refractivity contribution is -0.137. The second-order valence-corrected chi connectivity index (χ2v) is 6.74. The summed E-state index contributed by atoms with van der Waals surface area (Å²) in [6, 6.07) is 6.98. The Morgan fingerprint density at radius 1 is 1.22 bits per heavy atom. The molecule has 0 aliphatic heterocycles. The molecule has 3 rings (SSSR count). The number of aryl methyl sites for hydroxylation is 1. The summed E-state index contributed by atoms with van der Waals surface area (Å²) >= 11 is 0. The van der Waals surface area contributed by atoms with Crippen LogP contribution in [0.2, 0.25) is 0 Å². The number of hydrogen-bond acceptors (Lipinski definition) is 6. The summed E-state index contributed by atoms with van der Waals surface area (Å²) in [5.41, 5.74) is 1.15. The van der Waals surface area contributed by atoms with E-state index in [1.807, 2.05) is 0 Å². The Morgan fingerprint density at radius 3 is 2.66 bits per heavy atom. The number of hydrogen-bond donors (Lipinski definition) is 2. The van der Waals surface area contributed by atoms with E-state index in [4.69, 9.17) is 4.74 Å². The molecule has 32 heavy (non-hydrogen) atoms. The molecule has 0 radical (unpaired) electrons. The molecule has 0 fully saturated rings. The summed E-state index contributed by atoms with van der Waals surface area (Å²) in [6.45, 7) is 0.371. The highest BCUT2D eigenvalue weighted by Gasteiger charge is 2.30. The molecule has 1 amide bonds. The predicted molar refractivity (Wildman–Crippen MR) is 110 cm³/mol. The highest BCUT2D eigenvalue weighted by Crippen LogP contribution is 2.32. The van der Waals surface area contributed by atoms with Gasteiger partial charge in [-0.2, -0.15) is 13.2 Å². The number of benzene rings is 1. The van der Waals surface area contributed by atoms with Gasteiger partial charge in [-0.3, -0.25) is 4.79 Å². The minimum absolute atomic E-state index is 0.0436. The first-order chi connectivity index (χ1) is 15.3. The van der Waals surface area contributed by atoms with Crippen molar-refractivity contribution >= 4 is 23.7 Å². The Balaban J connectivity index is 1.83. The molecule has 168 valence electrons. The zero-order valence-electron chi connectivity index (χ0n) is 17.0. The van der Waals surface area contributed by atoms with Crippen LogP contribution in [0.15, 0.2) is 49.1 Å². The number of amides is 1. The second kappa shape index (κ2) is 10.1. The minimum Gasteiger partial charge on any atom is -0.372 e. The van der Waals surface area contributed by atoms with E-state index < -0.39 is 11.7 Å². The van der Waals surface area contributed by atoms with Crippen molar-refractivity contribution in [2.45, 2.75) is 6.18 Å². The summed E-state index contributed by atoms with van der Waals surface area (Å²) in [7, 11) is 1.79. The van der Waals surface area contributed by atoms with Crippen molar-refractivity contribution in [3.63, 3.8) is 0 Å². The van der Waals surface area contributed by atoms with Gasteiger partial charge >= 0.3 is 6.18 Å². The van der Waals surface area contributed by atoms with Gasteiger partial charge in [0.2, 0.25) is 0 Å². The molecule has 0 spiro atoms. The van der Waals surface area contributed by atoms with Gasteiger partial charge in [0.1, 0.15) is 18.7 Å². The summed E-state index contributed by atoms with van der Waals surface area (Å²) in [6.07, 6.45) is 0.232. The van der Waals surface area contributed by atoms with Gasteiger partial charge in [0.15, 0.2) is 0 Å². The van der Waals surface area contributed by atoms with Crippen molar-refractivity contribution in [2.24, 2.45) is 7.05 Å². The lowest BCUT2D eigenvalue weighted by Crippen LogP contribution is -2.27. The van der Waals surface area contributed by atoms with Crippen LogP contribution in [-0.4, -0.2) is 46.5 Å². The fourth-order valence-electron chi connectivity index (χ4n) is 2.80. The third-order valence-corrected chi connectivity index (χ3v) is 4.33. The van der Waals surface area contributed by atoms with E-state index in [1.165, 1.54) is 6.07 Å². The van der Waals surface area contributed by atoms with Crippen molar-refractivity contribution in [3.05, 3.63) is 60.2 Å². The fourth-order valence-corrected chi connectivity index (χ4v) is 2.80. The Morgan fingerprint density at radius 2 is 2.03 bits per heavy atom. The molecule has 2 aromatic heterocycles. The number of nitrogens with one attached hydrogen (secondary N) is 2. The third-order valence-electron chi connectivity index (χ3n) is 4.33. The van der Waals surface area contributed by atoms with Gasteiger partial charge in [-0.25, -0.2) is 9.97 Å². The van der Waals surface area contributed by atoms with E-state index in [2.05, 4.69) is 20.6 Å². The maximum atomic E-state index is 12.8. The Kier molecular flexibility index (Phi) is 7.21. The molecule has 0 bridgehead atoms. The number of carbonyl (C=O) groups excluding carboxylic acids is 2. The SMILES string of the molecule is Cn1cnc(-c2cc(C(=O)NCCOCC=O)ccc2Nc2ccc(C(F)(F)F)cn2)c1. The molecule has 8 nitrogen and oxygen atoms in total. The summed E-state index contributed by atoms with van der Waals surface area (Å²) < 4.78 is 45.0. The van der Waals surface area contributed by atoms with Crippen molar-refractivity contribution in [1.82, 2.24) is 19.9 Å². The number of ether oxygens (including phenoxy) is 1. The quantitative estimate of drug-likeness (QED) is 0.386. The van der Waals surface area contributed by atoms with Crippen molar-refractivity contribution in [3.8, 4) is 11.3 Å². The zero-order valence-corrected chi connectivity index (χ0v) is 17.0. The summed E-state index contributed by atoms with van der Waals surface area (Å²) in [5.74, 6) is -0.143. The van der Waals surface area contributed by atoms with Gasteiger partial charge in [-0.05, 0) is 30.3 Å². The molecule has 2 N–H and O–H groups in total. The van der Waals surface area contributed by atoms with E-state index in [-0.39, 0.29) is 31.5 Å². The van der Waals surface area contributed by atoms with Gasteiger partial charge in [0.05, 0.1) is 24.2 Å². The van der Waals surface area contributed by atoms with E-state index in [1.54, 1.807) is 42.3 Å². The van der Waals surface area contributed by atoms with Gasteiger partial charge in [-0.1, -0.05) is 0 Å². The van der Waals surface area contributed by atoms with Crippen LogP contribution in [0.4, 0.5) is 24.7 Å². The molecule has 0 atom stereocenters. The third kappa shape index (κ3) is 5.91.